The van der Waals surface area contributed by atoms with Crippen LogP contribution in [-0.2, 0) is 20.8 Å². The molecule has 0 aromatic heterocycles. The number of hydrogen-bond donors (Lipinski definition) is 1. The van der Waals surface area contributed by atoms with Crippen molar-refractivity contribution in [2.45, 2.75) is 29.8 Å². The summed E-state index contributed by atoms with van der Waals surface area (Å²) in [7, 11) is -2.43. The minimum atomic E-state index is -4.41. The van der Waals surface area contributed by atoms with Gasteiger partial charge in [-0.3, -0.25) is 0 Å². The van der Waals surface area contributed by atoms with Crippen LogP contribution in [0.5, 0.6) is 0 Å². The topological polar surface area (TPSA) is 92.8 Å². The Labute approximate surface area is 201 Å². The summed E-state index contributed by atoms with van der Waals surface area (Å²) in [6, 6.07) is 8.96. The lowest BCUT2D eigenvalue weighted by atomic mass is 9.91. The molecule has 2 aliphatic rings. The third kappa shape index (κ3) is 5.14. The van der Waals surface area contributed by atoms with E-state index in [9.17, 15) is 31.2 Å². The van der Waals surface area contributed by atoms with Crippen LogP contribution >= 0.6 is 0 Å². The molecule has 7 nitrogen and oxygen atoms in total. The first-order valence-corrected chi connectivity index (χ1v) is 12.9. The van der Waals surface area contributed by atoms with Crippen molar-refractivity contribution in [1.29, 1.82) is 0 Å². The number of benzene rings is 2. The molecule has 188 valence electrons. The number of carbonyl (C=O) groups excluding carboxylic acids is 2. The fourth-order valence-corrected chi connectivity index (χ4v) is 5.81. The number of ether oxygens (including phenoxy) is 1. The lowest BCUT2D eigenvalue weighted by Crippen LogP contribution is -2.34. The molecule has 1 heterocycles. The van der Waals surface area contributed by atoms with Crippen molar-refractivity contribution in [2.24, 2.45) is 11.8 Å². The first-order valence-electron chi connectivity index (χ1n) is 11.0. The smallest absolute Gasteiger partial charge is 0.416 e. The number of likely N-dealkylation sites (tertiary alicyclic amines) is 1. The minimum absolute atomic E-state index is 0.0692. The molecule has 1 N–H and O–H groups in total. The van der Waals surface area contributed by atoms with Crippen molar-refractivity contribution in [2.75, 3.05) is 31.8 Å². The van der Waals surface area contributed by atoms with Crippen molar-refractivity contribution < 1.29 is 35.9 Å². The second-order valence-corrected chi connectivity index (χ2v) is 11.1. The second-order valence-electron chi connectivity index (χ2n) is 9.08. The summed E-state index contributed by atoms with van der Waals surface area (Å²) in [6.07, 6.45) is -2.30. The first-order chi connectivity index (χ1) is 16.4. The van der Waals surface area contributed by atoms with Gasteiger partial charge in [-0.25, -0.2) is 18.0 Å². The SMILES string of the molecule is COC(=O)c1cc(S(C)(=O)=O)ccc1NC(=O)N1C[C@H]2C[C@H](c3ccccc3C(F)(F)F)C[C@H]2C1. The number of halogens is 3. The Morgan fingerprint density at radius 2 is 1.69 bits per heavy atom. The highest BCUT2D eigenvalue weighted by atomic mass is 32.2. The highest BCUT2D eigenvalue weighted by Gasteiger charge is 2.45. The van der Waals surface area contributed by atoms with Gasteiger partial charge in [0.05, 0.1) is 28.8 Å². The van der Waals surface area contributed by atoms with E-state index in [1.807, 2.05) is 0 Å². The maximum atomic E-state index is 13.4. The summed E-state index contributed by atoms with van der Waals surface area (Å²) in [5.41, 5.74) is -0.276. The maximum Gasteiger partial charge on any atom is 0.416 e. The van der Waals surface area contributed by atoms with Crippen LogP contribution in [-0.4, -0.2) is 51.8 Å². The lowest BCUT2D eigenvalue weighted by molar-refractivity contribution is -0.138. The number of amides is 2. The van der Waals surface area contributed by atoms with Gasteiger partial charge in [0.15, 0.2) is 9.84 Å². The van der Waals surface area contributed by atoms with Crippen LogP contribution in [0.4, 0.5) is 23.7 Å². The third-order valence-corrected chi connectivity index (χ3v) is 7.92. The van der Waals surface area contributed by atoms with E-state index in [-0.39, 0.29) is 33.9 Å². The van der Waals surface area contributed by atoms with Gasteiger partial charge in [-0.1, -0.05) is 18.2 Å². The number of esters is 1. The van der Waals surface area contributed by atoms with E-state index < -0.39 is 33.6 Å². The van der Waals surface area contributed by atoms with Gasteiger partial charge >= 0.3 is 18.2 Å². The Morgan fingerprint density at radius 1 is 1.06 bits per heavy atom. The zero-order valence-corrected chi connectivity index (χ0v) is 19.9. The number of methoxy groups -OCH3 is 1. The van der Waals surface area contributed by atoms with E-state index in [4.69, 9.17) is 4.74 Å². The number of hydrogen-bond acceptors (Lipinski definition) is 5. The second kappa shape index (κ2) is 9.18. The van der Waals surface area contributed by atoms with Gasteiger partial charge in [0.25, 0.3) is 0 Å². The predicted molar refractivity (Wildman–Crippen MR) is 122 cm³/mol. The predicted octanol–water partition coefficient (Wildman–Crippen LogP) is 4.55. The molecule has 2 amide bonds. The molecular formula is C24H25F3N2O5S. The molecule has 1 saturated carbocycles. The van der Waals surface area contributed by atoms with Crippen LogP contribution in [0.3, 0.4) is 0 Å². The number of sulfone groups is 1. The summed E-state index contributed by atoms with van der Waals surface area (Å²) < 4.78 is 68.7. The molecule has 1 saturated heterocycles. The number of nitrogens with zero attached hydrogens (tertiary/aromatic N) is 1. The molecule has 35 heavy (non-hydrogen) atoms. The van der Waals surface area contributed by atoms with Gasteiger partial charge in [-0.05, 0) is 60.4 Å². The maximum absolute atomic E-state index is 13.4. The summed E-state index contributed by atoms with van der Waals surface area (Å²) in [6.45, 7) is 0.770. The molecule has 0 bridgehead atoms. The largest absolute Gasteiger partial charge is 0.465 e. The van der Waals surface area contributed by atoms with Gasteiger partial charge in [-0.2, -0.15) is 13.2 Å². The minimum Gasteiger partial charge on any atom is -0.465 e. The van der Waals surface area contributed by atoms with Crippen molar-refractivity contribution in [3.05, 3.63) is 59.2 Å². The number of nitrogens with one attached hydrogen (secondary N) is 1. The highest BCUT2D eigenvalue weighted by Crippen LogP contribution is 2.48. The summed E-state index contributed by atoms with van der Waals surface area (Å²) >= 11 is 0. The highest BCUT2D eigenvalue weighted by molar-refractivity contribution is 7.90. The Kier molecular flexibility index (Phi) is 6.56. The van der Waals surface area contributed by atoms with E-state index in [0.29, 0.717) is 31.5 Å². The standard InChI is InChI=1S/C24H25F3N2O5S/c1-34-22(30)19-11-17(35(2,32)33)7-8-21(19)28-23(31)29-12-15-9-14(10-16(15)13-29)18-5-3-4-6-20(18)24(25,26)27/h3-8,11,14-16H,9-10,12-13H2,1-2H3,(H,28,31)/t14-,15+,16-. The van der Waals surface area contributed by atoms with E-state index in [1.54, 1.807) is 11.0 Å². The van der Waals surface area contributed by atoms with Crippen molar-refractivity contribution in [3.8, 4) is 0 Å². The van der Waals surface area contributed by atoms with Gasteiger partial charge in [0.2, 0.25) is 0 Å². The van der Waals surface area contributed by atoms with Crippen LogP contribution in [0.1, 0.15) is 40.2 Å². The quantitative estimate of drug-likeness (QED) is 0.609. The average Bonchev–Trinajstić information content (AvgIpc) is 3.37. The van der Waals surface area contributed by atoms with Gasteiger partial charge in [0.1, 0.15) is 0 Å². The van der Waals surface area contributed by atoms with Gasteiger partial charge in [-0.15, -0.1) is 0 Å². The molecule has 0 radical (unpaired) electrons. The van der Waals surface area contributed by atoms with Crippen molar-refractivity contribution in [1.82, 2.24) is 4.90 Å². The number of anilines is 1. The monoisotopic (exact) mass is 510 g/mol. The van der Waals surface area contributed by atoms with Gasteiger partial charge < -0.3 is 15.0 Å². The fraction of sp³-hybridized carbons (Fsp3) is 0.417. The molecule has 4 rings (SSSR count). The van der Waals surface area contributed by atoms with Gasteiger partial charge in [0, 0.05) is 19.3 Å². The lowest BCUT2D eigenvalue weighted by Gasteiger charge is -2.22. The summed E-state index contributed by atoms with van der Waals surface area (Å²) in [5.74, 6) is -0.878. The summed E-state index contributed by atoms with van der Waals surface area (Å²) in [4.78, 5) is 26.6. The molecule has 2 fully saturated rings. The zero-order valence-electron chi connectivity index (χ0n) is 19.1. The zero-order chi connectivity index (χ0) is 25.5. The summed E-state index contributed by atoms with van der Waals surface area (Å²) in [5, 5.41) is 2.65. The van der Waals surface area contributed by atoms with Crippen molar-refractivity contribution in [3.63, 3.8) is 0 Å². The molecule has 0 unspecified atom stereocenters. The van der Waals surface area contributed by atoms with Crippen LogP contribution in [0.25, 0.3) is 0 Å². The average molecular weight is 511 g/mol. The Hall–Kier alpha value is -3.08. The van der Waals surface area contributed by atoms with E-state index >= 15 is 0 Å². The van der Waals surface area contributed by atoms with E-state index in [0.717, 1.165) is 25.5 Å². The van der Waals surface area contributed by atoms with Crippen molar-refractivity contribution >= 4 is 27.5 Å². The number of alkyl halides is 3. The molecule has 11 heteroatoms. The molecular weight excluding hydrogens is 485 g/mol. The normalized spacial score (nSPS) is 22.1. The fourth-order valence-electron chi connectivity index (χ4n) is 5.17. The Morgan fingerprint density at radius 3 is 2.26 bits per heavy atom. The number of fused-ring (bicyclic) bond motifs is 1. The third-order valence-electron chi connectivity index (χ3n) is 6.81. The Bertz CT molecular complexity index is 1250. The molecule has 0 spiro atoms. The molecule has 3 atom stereocenters. The molecule has 2 aromatic rings. The molecule has 1 aliphatic heterocycles. The number of rotatable bonds is 4. The molecule has 2 aromatic carbocycles. The van der Waals surface area contributed by atoms with Crippen LogP contribution < -0.4 is 5.32 Å². The van der Waals surface area contributed by atoms with Crippen LogP contribution in [0.2, 0.25) is 0 Å². The van der Waals surface area contributed by atoms with Crippen LogP contribution in [0.15, 0.2) is 47.4 Å². The van der Waals surface area contributed by atoms with E-state index in [2.05, 4.69) is 5.32 Å². The Balaban J connectivity index is 1.46. The number of carbonyl (C=O) groups is 2. The molecule has 1 aliphatic carbocycles. The van der Waals surface area contributed by atoms with Crippen LogP contribution in [0, 0.1) is 11.8 Å². The first kappa shape index (κ1) is 25.0. The number of urea groups is 1. The van der Waals surface area contributed by atoms with E-state index in [1.165, 1.54) is 24.3 Å².